The van der Waals surface area contributed by atoms with Gasteiger partial charge in [0.25, 0.3) is 0 Å². The van der Waals surface area contributed by atoms with E-state index in [4.69, 9.17) is 4.42 Å². The van der Waals surface area contributed by atoms with Crippen LogP contribution in [0.15, 0.2) is 33.4 Å². The van der Waals surface area contributed by atoms with Crippen LogP contribution in [0.4, 0.5) is 0 Å². The van der Waals surface area contributed by atoms with Gasteiger partial charge in [-0.3, -0.25) is 0 Å². The molecule has 3 heteroatoms. The van der Waals surface area contributed by atoms with Crippen LogP contribution < -0.4 is 5.32 Å². The fourth-order valence-corrected chi connectivity index (χ4v) is 2.99. The van der Waals surface area contributed by atoms with Gasteiger partial charge >= 0.3 is 0 Å². The first-order chi connectivity index (χ1) is 7.84. The van der Waals surface area contributed by atoms with Crippen LogP contribution in [0.5, 0.6) is 0 Å². The first-order valence-electron chi connectivity index (χ1n) is 5.74. The molecule has 1 aliphatic rings. The molecule has 1 saturated heterocycles. The van der Waals surface area contributed by atoms with Crippen LogP contribution in [0, 0.1) is 0 Å². The minimum atomic E-state index is 0.609. The monoisotopic (exact) mass is 279 g/mol. The maximum atomic E-state index is 5.70. The Labute approximate surface area is 103 Å². The molecule has 0 amide bonds. The van der Waals surface area contributed by atoms with Crippen LogP contribution in [0.1, 0.15) is 18.4 Å². The van der Waals surface area contributed by atoms with E-state index in [0.717, 1.165) is 23.2 Å². The third-order valence-electron chi connectivity index (χ3n) is 3.26. The Kier molecular flexibility index (Phi) is 2.74. The predicted molar refractivity (Wildman–Crippen MR) is 68.6 cm³/mol. The molecule has 2 heterocycles. The lowest BCUT2D eigenvalue weighted by Gasteiger charge is -2.08. The first kappa shape index (κ1) is 10.4. The normalized spacial score (nSPS) is 20.7. The van der Waals surface area contributed by atoms with Crippen molar-refractivity contribution in [3.63, 3.8) is 0 Å². The number of fused-ring (bicyclic) bond motifs is 1. The van der Waals surface area contributed by atoms with E-state index in [9.17, 15) is 0 Å². The summed E-state index contributed by atoms with van der Waals surface area (Å²) in [4.78, 5) is 0. The molecule has 1 fully saturated rings. The molecule has 1 aromatic carbocycles. The van der Waals surface area contributed by atoms with Gasteiger partial charge in [-0.1, -0.05) is 18.2 Å². The molecule has 0 unspecified atom stereocenters. The summed E-state index contributed by atoms with van der Waals surface area (Å²) in [6, 6.07) is 8.84. The summed E-state index contributed by atoms with van der Waals surface area (Å²) in [5, 5.41) is 4.76. The molecule has 3 rings (SSSR count). The van der Waals surface area contributed by atoms with Crippen molar-refractivity contribution in [3.8, 4) is 0 Å². The Morgan fingerprint density at radius 3 is 3.06 bits per heavy atom. The van der Waals surface area contributed by atoms with Crippen LogP contribution in [0.25, 0.3) is 11.0 Å². The van der Waals surface area contributed by atoms with E-state index in [1.807, 2.05) is 12.1 Å². The number of para-hydroxylation sites is 1. The molecule has 0 spiro atoms. The van der Waals surface area contributed by atoms with Gasteiger partial charge in [0.1, 0.15) is 5.58 Å². The molecule has 0 saturated carbocycles. The second kappa shape index (κ2) is 4.22. The summed E-state index contributed by atoms with van der Waals surface area (Å²) in [6.07, 6.45) is 3.61. The van der Waals surface area contributed by atoms with Crippen molar-refractivity contribution in [1.29, 1.82) is 0 Å². The van der Waals surface area contributed by atoms with Crippen LogP contribution in [0.3, 0.4) is 0 Å². The zero-order valence-electron chi connectivity index (χ0n) is 9.00. The highest BCUT2D eigenvalue weighted by molar-refractivity contribution is 9.10. The van der Waals surface area contributed by atoms with Gasteiger partial charge in [0.05, 0.1) is 0 Å². The van der Waals surface area contributed by atoms with E-state index < -0.39 is 0 Å². The summed E-state index contributed by atoms with van der Waals surface area (Å²) in [5.74, 6) is 0. The second-order valence-corrected chi connectivity index (χ2v) is 5.07. The Morgan fingerprint density at radius 2 is 2.25 bits per heavy atom. The van der Waals surface area contributed by atoms with E-state index in [2.05, 4.69) is 33.4 Å². The zero-order chi connectivity index (χ0) is 11.0. The summed E-state index contributed by atoms with van der Waals surface area (Å²) < 4.78 is 6.59. The number of benzene rings is 1. The first-order valence-corrected chi connectivity index (χ1v) is 6.53. The molecule has 2 aromatic rings. The number of halogens is 1. The van der Waals surface area contributed by atoms with Crippen LogP contribution in [-0.2, 0) is 6.42 Å². The smallest absolute Gasteiger partial charge is 0.173 e. The van der Waals surface area contributed by atoms with Crippen LogP contribution >= 0.6 is 15.9 Å². The maximum absolute atomic E-state index is 5.70. The largest absolute Gasteiger partial charge is 0.449 e. The van der Waals surface area contributed by atoms with Gasteiger partial charge in [-0.15, -0.1) is 0 Å². The van der Waals surface area contributed by atoms with Crippen molar-refractivity contribution in [1.82, 2.24) is 5.32 Å². The van der Waals surface area contributed by atoms with E-state index in [1.54, 1.807) is 0 Å². The van der Waals surface area contributed by atoms with Crippen molar-refractivity contribution < 1.29 is 4.42 Å². The quantitative estimate of drug-likeness (QED) is 0.911. The zero-order valence-corrected chi connectivity index (χ0v) is 10.6. The van der Waals surface area contributed by atoms with Crippen molar-refractivity contribution in [3.05, 3.63) is 34.5 Å². The SMILES string of the molecule is Brc1oc2ccccc2c1C[C@@H]1CCCN1. The predicted octanol–water partition coefficient (Wildman–Crippen LogP) is 3.49. The summed E-state index contributed by atoms with van der Waals surface area (Å²) in [5.41, 5.74) is 2.28. The highest BCUT2D eigenvalue weighted by Crippen LogP contribution is 2.31. The molecule has 1 aromatic heterocycles. The lowest BCUT2D eigenvalue weighted by molar-refractivity contribution is 0.561. The van der Waals surface area contributed by atoms with E-state index in [-0.39, 0.29) is 0 Å². The van der Waals surface area contributed by atoms with Gasteiger partial charge in [-0.2, -0.15) is 0 Å². The second-order valence-electron chi connectivity index (χ2n) is 4.35. The van der Waals surface area contributed by atoms with E-state index in [0.29, 0.717) is 6.04 Å². The summed E-state index contributed by atoms with van der Waals surface area (Å²) >= 11 is 3.52. The lowest BCUT2D eigenvalue weighted by Crippen LogP contribution is -2.23. The van der Waals surface area contributed by atoms with Crippen molar-refractivity contribution in [2.45, 2.75) is 25.3 Å². The Bertz CT molecular complexity index is 500. The standard InChI is InChI=1S/C13H14BrNO/c14-13-11(8-9-4-3-7-15-9)10-5-1-2-6-12(10)16-13/h1-2,5-6,9,15H,3-4,7-8H2/t9-/m0/s1. The van der Waals surface area contributed by atoms with Crippen molar-refractivity contribution >= 4 is 26.9 Å². The van der Waals surface area contributed by atoms with Gasteiger partial charge in [-0.25, -0.2) is 0 Å². The van der Waals surface area contributed by atoms with Crippen LogP contribution in [-0.4, -0.2) is 12.6 Å². The molecule has 0 aliphatic carbocycles. The summed E-state index contributed by atoms with van der Waals surface area (Å²) in [7, 11) is 0. The fourth-order valence-electron chi connectivity index (χ4n) is 2.44. The van der Waals surface area contributed by atoms with Gasteiger partial charge in [0.15, 0.2) is 4.67 Å². The highest BCUT2D eigenvalue weighted by Gasteiger charge is 2.19. The molecule has 1 aliphatic heterocycles. The van der Waals surface area contributed by atoms with Gasteiger partial charge in [0, 0.05) is 17.0 Å². The fraction of sp³-hybridized carbons (Fsp3) is 0.385. The topological polar surface area (TPSA) is 25.2 Å². The number of furan rings is 1. The Balaban J connectivity index is 1.98. The van der Waals surface area contributed by atoms with Gasteiger partial charge < -0.3 is 9.73 Å². The number of hydrogen-bond acceptors (Lipinski definition) is 2. The Hall–Kier alpha value is -0.800. The van der Waals surface area contributed by atoms with Gasteiger partial charge in [0.2, 0.25) is 0 Å². The van der Waals surface area contributed by atoms with Crippen LogP contribution in [0.2, 0.25) is 0 Å². The lowest BCUT2D eigenvalue weighted by atomic mass is 10.0. The molecule has 84 valence electrons. The third-order valence-corrected chi connectivity index (χ3v) is 3.90. The Morgan fingerprint density at radius 1 is 1.38 bits per heavy atom. The molecule has 16 heavy (non-hydrogen) atoms. The average Bonchev–Trinajstić information content (AvgIpc) is 2.89. The third kappa shape index (κ3) is 1.78. The van der Waals surface area contributed by atoms with Crippen molar-refractivity contribution in [2.24, 2.45) is 0 Å². The molecule has 2 nitrogen and oxygen atoms in total. The molecule has 1 atom stereocenters. The number of hydrogen-bond donors (Lipinski definition) is 1. The minimum absolute atomic E-state index is 0.609. The van der Waals surface area contributed by atoms with E-state index in [1.165, 1.54) is 23.8 Å². The minimum Gasteiger partial charge on any atom is -0.449 e. The number of nitrogens with one attached hydrogen (secondary N) is 1. The molecular weight excluding hydrogens is 266 g/mol. The number of rotatable bonds is 2. The molecule has 0 bridgehead atoms. The molecular formula is C13H14BrNO. The average molecular weight is 280 g/mol. The maximum Gasteiger partial charge on any atom is 0.173 e. The van der Waals surface area contributed by atoms with Gasteiger partial charge in [-0.05, 0) is 47.8 Å². The highest BCUT2D eigenvalue weighted by atomic mass is 79.9. The van der Waals surface area contributed by atoms with Crippen molar-refractivity contribution in [2.75, 3.05) is 6.54 Å². The summed E-state index contributed by atoms with van der Waals surface area (Å²) in [6.45, 7) is 1.15. The van der Waals surface area contributed by atoms with E-state index >= 15 is 0 Å². The molecule has 0 radical (unpaired) electrons. The molecule has 1 N–H and O–H groups in total.